The van der Waals surface area contributed by atoms with Crippen LogP contribution < -0.4 is 5.32 Å². The Hall–Kier alpha value is -3.40. The molecule has 0 radical (unpaired) electrons. The van der Waals surface area contributed by atoms with E-state index in [-0.39, 0.29) is 5.91 Å². The van der Waals surface area contributed by atoms with Crippen LogP contribution in [0, 0.1) is 0 Å². The zero-order valence-corrected chi connectivity index (χ0v) is 18.3. The Balaban J connectivity index is 1.42. The molecule has 0 spiro atoms. The fourth-order valence-electron chi connectivity index (χ4n) is 4.81. The number of nitrogens with zero attached hydrogens (tertiary/aromatic N) is 2. The average Bonchev–Trinajstić information content (AvgIpc) is 3.24. The van der Waals surface area contributed by atoms with Gasteiger partial charge in [-0.25, -0.2) is 4.98 Å². The number of aromatic nitrogens is 2. The van der Waals surface area contributed by atoms with Crippen LogP contribution in [0.1, 0.15) is 54.1 Å². The van der Waals surface area contributed by atoms with Gasteiger partial charge in [-0.1, -0.05) is 79.9 Å². The Morgan fingerprint density at radius 3 is 2.38 bits per heavy atom. The molecule has 0 aliphatic heterocycles. The van der Waals surface area contributed by atoms with E-state index in [1.54, 1.807) is 0 Å². The van der Waals surface area contributed by atoms with Crippen LogP contribution in [-0.4, -0.2) is 22.0 Å². The average molecular weight is 424 g/mol. The van der Waals surface area contributed by atoms with Crippen LogP contribution in [0.2, 0.25) is 0 Å². The molecule has 162 valence electrons. The molecule has 0 unspecified atom stereocenters. The van der Waals surface area contributed by atoms with Crippen molar-refractivity contribution < 1.29 is 4.79 Å². The SMILES string of the molecule is O=C(NCCc1ccccc1)c1ccc2c(c1)nc(-c1ccccc1)n2C1CCCCC1. The van der Waals surface area contributed by atoms with E-state index in [0.29, 0.717) is 18.2 Å². The lowest BCUT2D eigenvalue weighted by atomic mass is 9.95. The van der Waals surface area contributed by atoms with E-state index in [2.05, 4.69) is 52.3 Å². The molecule has 4 aromatic rings. The van der Waals surface area contributed by atoms with E-state index >= 15 is 0 Å². The number of carbonyl (C=O) groups is 1. The molecule has 0 atom stereocenters. The highest BCUT2D eigenvalue weighted by molar-refractivity contribution is 5.98. The molecule has 1 saturated carbocycles. The number of rotatable bonds is 6. The van der Waals surface area contributed by atoms with Gasteiger partial charge in [-0.15, -0.1) is 0 Å². The van der Waals surface area contributed by atoms with Crippen molar-refractivity contribution in [2.75, 3.05) is 6.54 Å². The molecule has 1 amide bonds. The Kier molecular flexibility index (Phi) is 6.02. The van der Waals surface area contributed by atoms with Gasteiger partial charge in [0.05, 0.1) is 11.0 Å². The third-order valence-electron chi connectivity index (χ3n) is 6.47. The Morgan fingerprint density at radius 1 is 0.906 bits per heavy atom. The smallest absolute Gasteiger partial charge is 0.251 e. The molecule has 1 heterocycles. The molecule has 1 fully saturated rings. The summed E-state index contributed by atoms with van der Waals surface area (Å²) in [5.41, 5.74) is 5.03. The number of imidazole rings is 1. The maximum absolute atomic E-state index is 12.8. The fraction of sp³-hybridized carbons (Fsp3) is 0.286. The van der Waals surface area contributed by atoms with Gasteiger partial charge in [0.1, 0.15) is 5.82 Å². The molecule has 1 aliphatic carbocycles. The third kappa shape index (κ3) is 4.31. The van der Waals surface area contributed by atoms with Crippen LogP contribution in [0.3, 0.4) is 0 Å². The van der Waals surface area contributed by atoms with E-state index in [4.69, 9.17) is 4.98 Å². The first kappa shape index (κ1) is 20.5. The zero-order chi connectivity index (χ0) is 21.8. The number of hydrogen-bond donors (Lipinski definition) is 1. The van der Waals surface area contributed by atoms with Crippen LogP contribution in [0.25, 0.3) is 22.4 Å². The minimum atomic E-state index is -0.0451. The van der Waals surface area contributed by atoms with Crippen LogP contribution in [0.15, 0.2) is 78.9 Å². The molecule has 4 nitrogen and oxygen atoms in total. The van der Waals surface area contributed by atoms with Crippen LogP contribution >= 0.6 is 0 Å². The largest absolute Gasteiger partial charge is 0.352 e. The first-order valence-electron chi connectivity index (χ1n) is 11.7. The summed E-state index contributed by atoms with van der Waals surface area (Å²) in [5, 5.41) is 3.06. The van der Waals surface area contributed by atoms with Gasteiger partial charge in [-0.3, -0.25) is 4.79 Å². The molecule has 1 N–H and O–H groups in total. The summed E-state index contributed by atoms with van der Waals surface area (Å²) in [6.45, 7) is 0.618. The van der Waals surface area contributed by atoms with E-state index in [1.165, 1.54) is 37.7 Å². The predicted molar refractivity (Wildman–Crippen MR) is 130 cm³/mol. The fourth-order valence-corrected chi connectivity index (χ4v) is 4.81. The molecule has 3 aromatic carbocycles. The Labute approximate surface area is 189 Å². The van der Waals surface area contributed by atoms with Crippen molar-refractivity contribution in [3.05, 3.63) is 90.0 Å². The highest BCUT2D eigenvalue weighted by atomic mass is 16.1. The van der Waals surface area contributed by atoms with Crippen molar-refractivity contribution in [3.63, 3.8) is 0 Å². The summed E-state index contributed by atoms with van der Waals surface area (Å²) >= 11 is 0. The topological polar surface area (TPSA) is 46.9 Å². The van der Waals surface area contributed by atoms with Crippen LogP contribution in [-0.2, 0) is 6.42 Å². The molecular weight excluding hydrogens is 394 g/mol. The van der Waals surface area contributed by atoms with Crippen molar-refractivity contribution >= 4 is 16.9 Å². The van der Waals surface area contributed by atoms with Gasteiger partial charge in [0.2, 0.25) is 0 Å². The molecule has 32 heavy (non-hydrogen) atoms. The second-order valence-electron chi connectivity index (χ2n) is 8.66. The Morgan fingerprint density at radius 2 is 1.62 bits per heavy atom. The highest BCUT2D eigenvalue weighted by Gasteiger charge is 2.22. The zero-order valence-electron chi connectivity index (χ0n) is 18.3. The molecule has 0 bridgehead atoms. The summed E-state index contributed by atoms with van der Waals surface area (Å²) in [5.74, 6) is 0.963. The Bertz CT molecular complexity index is 1190. The molecular formula is C28H29N3O. The third-order valence-corrected chi connectivity index (χ3v) is 6.47. The van der Waals surface area contributed by atoms with Gasteiger partial charge in [-0.05, 0) is 43.0 Å². The quantitative estimate of drug-likeness (QED) is 0.402. The second-order valence-corrected chi connectivity index (χ2v) is 8.66. The predicted octanol–water partition coefficient (Wildman–Crippen LogP) is 6.18. The lowest BCUT2D eigenvalue weighted by Gasteiger charge is -2.25. The molecule has 5 rings (SSSR count). The highest BCUT2D eigenvalue weighted by Crippen LogP contribution is 2.36. The van der Waals surface area contributed by atoms with Gasteiger partial charge in [0.15, 0.2) is 0 Å². The number of fused-ring (bicyclic) bond motifs is 1. The summed E-state index contributed by atoms with van der Waals surface area (Å²) in [4.78, 5) is 17.8. The number of amides is 1. The second kappa shape index (κ2) is 9.39. The number of carbonyl (C=O) groups excluding carboxylic acids is 1. The van der Waals surface area contributed by atoms with E-state index in [9.17, 15) is 4.79 Å². The van der Waals surface area contributed by atoms with Crippen molar-refractivity contribution in [2.45, 2.75) is 44.6 Å². The number of nitrogens with one attached hydrogen (secondary N) is 1. The molecule has 1 aromatic heterocycles. The number of hydrogen-bond acceptors (Lipinski definition) is 2. The van der Waals surface area contributed by atoms with Gasteiger partial charge >= 0.3 is 0 Å². The molecule has 0 saturated heterocycles. The van der Waals surface area contributed by atoms with E-state index in [1.807, 2.05) is 36.4 Å². The lowest BCUT2D eigenvalue weighted by molar-refractivity contribution is 0.0954. The standard InChI is InChI=1S/C28H29N3O/c32-28(29-19-18-21-10-4-1-5-11-21)23-16-17-26-25(20-23)30-27(22-12-6-2-7-13-22)31(26)24-14-8-3-9-15-24/h1-2,4-7,10-13,16-17,20,24H,3,8-9,14-15,18-19H2,(H,29,32). The normalized spacial score (nSPS) is 14.5. The lowest BCUT2D eigenvalue weighted by Crippen LogP contribution is -2.25. The van der Waals surface area contributed by atoms with Gasteiger partial charge < -0.3 is 9.88 Å². The van der Waals surface area contributed by atoms with Crippen LogP contribution in [0.5, 0.6) is 0 Å². The summed E-state index contributed by atoms with van der Waals surface area (Å²) in [6, 6.07) is 27.1. The van der Waals surface area contributed by atoms with Gasteiger partial charge in [-0.2, -0.15) is 0 Å². The summed E-state index contributed by atoms with van der Waals surface area (Å²) < 4.78 is 2.42. The minimum absolute atomic E-state index is 0.0451. The first-order chi connectivity index (χ1) is 15.8. The van der Waals surface area contributed by atoms with E-state index < -0.39 is 0 Å². The van der Waals surface area contributed by atoms with Crippen molar-refractivity contribution in [3.8, 4) is 11.4 Å². The van der Waals surface area contributed by atoms with E-state index in [0.717, 1.165) is 28.8 Å². The molecule has 4 heteroatoms. The number of benzene rings is 3. The maximum atomic E-state index is 12.8. The van der Waals surface area contributed by atoms with Crippen molar-refractivity contribution in [1.82, 2.24) is 14.9 Å². The first-order valence-corrected chi connectivity index (χ1v) is 11.7. The van der Waals surface area contributed by atoms with Crippen molar-refractivity contribution in [2.24, 2.45) is 0 Å². The summed E-state index contributed by atoms with van der Waals surface area (Å²) in [7, 11) is 0. The maximum Gasteiger partial charge on any atom is 0.251 e. The minimum Gasteiger partial charge on any atom is -0.352 e. The van der Waals surface area contributed by atoms with Crippen molar-refractivity contribution in [1.29, 1.82) is 0 Å². The molecule has 1 aliphatic rings. The van der Waals surface area contributed by atoms with Crippen LogP contribution in [0.4, 0.5) is 0 Å². The summed E-state index contributed by atoms with van der Waals surface area (Å²) in [6.07, 6.45) is 7.04. The van der Waals surface area contributed by atoms with Gasteiger partial charge in [0.25, 0.3) is 5.91 Å². The van der Waals surface area contributed by atoms with Gasteiger partial charge in [0, 0.05) is 23.7 Å². The monoisotopic (exact) mass is 423 g/mol.